The van der Waals surface area contributed by atoms with Crippen LogP contribution in [0.3, 0.4) is 0 Å². The number of benzene rings is 1. The Morgan fingerprint density at radius 2 is 1.89 bits per heavy atom. The van der Waals surface area contributed by atoms with Gasteiger partial charge in [0, 0.05) is 18.3 Å². The number of halogens is 2. The van der Waals surface area contributed by atoms with Crippen LogP contribution in [0, 0.1) is 10.1 Å². The van der Waals surface area contributed by atoms with Crippen LogP contribution in [-0.2, 0) is 17.0 Å². The molecule has 0 aliphatic heterocycles. The molecule has 8 heteroatoms. The number of non-ortho nitro benzene ring substituents is 1. The molecular formula is C11H8Cl2N3O2Ti-. The van der Waals surface area contributed by atoms with E-state index in [1.807, 2.05) is 12.1 Å². The summed E-state index contributed by atoms with van der Waals surface area (Å²) in [5.74, 6) is 0. The number of hydrogen-bond acceptors (Lipinski definition) is 3. The van der Waals surface area contributed by atoms with Crippen molar-refractivity contribution in [3.8, 4) is 0 Å². The van der Waals surface area contributed by atoms with Gasteiger partial charge in [0.2, 0.25) is 0 Å². The fourth-order valence-corrected chi connectivity index (χ4v) is 1.19. The number of aliphatic imine (C=N–C) groups is 1. The average Bonchev–Trinajstić information content (AvgIpc) is 2.91. The molecule has 0 bridgehead atoms. The Kier molecular flexibility index (Phi) is 7.44. The number of nitro groups is 1. The third kappa shape index (κ3) is 6.03. The molecule has 5 nitrogen and oxygen atoms in total. The topological polar surface area (TPSA) is 69.6 Å². The zero-order chi connectivity index (χ0) is 14.1. The summed E-state index contributed by atoms with van der Waals surface area (Å²) in [7, 11) is 9.78. The van der Waals surface area contributed by atoms with Gasteiger partial charge >= 0.3 is 35.6 Å². The summed E-state index contributed by atoms with van der Waals surface area (Å²) in [4.78, 5) is 18.1. The summed E-state index contributed by atoms with van der Waals surface area (Å²) in [6, 6.07) is 9.68. The summed E-state index contributed by atoms with van der Waals surface area (Å²) >= 11 is -0.556. The summed E-state index contributed by atoms with van der Waals surface area (Å²) in [6.45, 7) is 0. The van der Waals surface area contributed by atoms with Crippen molar-refractivity contribution in [3.63, 3.8) is 0 Å². The number of aromatic nitrogens is 1. The fourth-order valence-electron chi connectivity index (χ4n) is 1.19. The fraction of sp³-hybridized carbons (Fsp3) is 0. The van der Waals surface area contributed by atoms with Gasteiger partial charge in [-0.2, -0.15) is 6.20 Å². The van der Waals surface area contributed by atoms with Gasteiger partial charge in [0.25, 0.3) is 5.69 Å². The van der Waals surface area contributed by atoms with E-state index in [0.717, 1.165) is 5.69 Å². The van der Waals surface area contributed by atoms with Crippen molar-refractivity contribution in [1.29, 1.82) is 0 Å². The molecule has 0 aliphatic carbocycles. The van der Waals surface area contributed by atoms with Crippen LogP contribution in [0.4, 0.5) is 11.4 Å². The Labute approximate surface area is 126 Å². The SMILES string of the molecule is O=[N+]([O-])c1ccc(N=Cc2ccc[n-]2)cc1.[Cl][Ti][Cl]. The van der Waals surface area contributed by atoms with Crippen molar-refractivity contribution in [1.82, 2.24) is 4.98 Å². The van der Waals surface area contributed by atoms with E-state index < -0.39 is 22.0 Å². The van der Waals surface area contributed by atoms with Crippen molar-refractivity contribution in [2.75, 3.05) is 0 Å². The van der Waals surface area contributed by atoms with Gasteiger partial charge in [0.1, 0.15) is 0 Å². The van der Waals surface area contributed by atoms with Crippen molar-refractivity contribution >= 4 is 36.2 Å². The van der Waals surface area contributed by atoms with Crippen LogP contribution in [0.25, 0.3) is 0 Å². The van der Waals surface area contributed by atoms with E-state index in [-0.39, 0.29) is 5.69 Å². The molecule has 98 valence electrons. The third-order valence-electron chi connectivity index (χ3n) is 1.98. The third-order valence-corrected chi connectivity index (χ3v) is 1.98. The van der Waals surface area contributed by atoms with E-state index in [0.29, 0.717) is 5.69 Å². The monoisotopic (exact) mass is 332 g/mol. The van der Waals surface area contributed by atoms with Gasteiger partial charge in [-0.3, -0.25) is 15.1 Å². The van der Waals surface area contributed by atoms with E-state index in [1.54, 1.807) is 24.5 Å². The molecule has 0 aliphatic rings. The first-order chi connectivity index (χ1) is 9.17. The maximum absolute atomic E-state index is 10.4. The molecule has 0 fully saturated rings. The van der Waals surface area contributed by atoms with Crippen molar-refractivity contribution < 1.29 is 22.0 Å². The average molecular weight is 333 g/mol. The first kappa shape index (κ1) is 15.9. The summed E-state index contributed by atoms with van der Waals surface area (Å²) in [5.41, 5.74) is 1.48. The van der Waals surface area contributed by atoms with E-state index in [2.05, 4.69) is 9.98 Å². The van der Waals surface area contributed by atoms with E-state index in [1.165, 1.54) is 12.1 Å². The van der Waals surface area contributed by atoms with Crippen molar-refractivity contribution in [2.24, 2.45) is 4.99 Å². The molecule has 0 radical (unpaired) electrons. The molecule has 0 amide bonds. The van der Waals surface area contributed by atoms with Crippen molar-refractivity contribution in [2.45, 2.75) is 0 Å². The van der Waals surface area contributed by atoms with Gasteiger partial charge in [-0.1, -0.05) is 12.1 Å². The van der Waals surface area contributed by atoms with Crippen LogP contribution in [0.2, 0.25) is 0 Å². The number of rotatable bonds is 3. The van der Waals surface area contributed by atoms with Crippen LogP contribution >= 0.6 is 18.6 Å². The van der Waals surface area contributed by atoms with Gasteiger partial charge in [-0.25, -0.2) is 0 Å². The Balaban J connectivity index is 0.000000550. The molecule has 2 rings (SSSR count). The maximum atomic E-state index is 10.4. The number of nitro benzene ring substituents is 1. The predicted molar refractivity (Wildman–Crippen MR) is 71.8 cm³/mol. The summed E-state index contributed by atoms with van der Waals surface area (Å²) < 4.78 is 0. The van der Waals surface area contributed by atoms with E-state index >= 15 is 0 Å². The second kappa shape index (κ2) is 8.88. The van der Waals surface area contributed by atoms with Crippen LogP contribution in [-0.4, -0.2) is 11.1 Å². The Bertz CT molecular complexity index is 529. The normalized spacial score (nSPS) is 9.79. The van der Waals surface area contributed by atoms with Crippen LogP contribution in [0.1, 0.15) is 5.69 Å². The molecule has 1 aromatic carbocycles. The van der Waals surface area contributed by atoms with E-state index in [4.69, 9.17) is 18.6 Å². The number of nitrogens with zero attached hydrogens (tertiary/aromatic N) is 3. The first-order valence-corrected chi connectivity index (χ1v) is 9.29. The van der Waals surface area contributed by atoms with Gasteiger partial charge in [0.15, 0.2) is 0 Å². The van der Waals surface area contributed by atoms with Crippen LogP contribution in [0.15, 0.2) is 47.6 Å². The van der Waals surface area contributed by atoms with E-state index in [9.17, 15) is 10.1 Å². The molecule has 0 N–H and O–H groups in total. The Morgan fingerprint density at radius 1 is 1.26 bits per heavy atom. The molecular weight excluding hydrogens is 325 g/mol. The van der Waals surface area contributed by atoms with Crippen LogP contribution in [0.5, 0.6) is 0 Å². The molecule has 0 saturated heterocycles. The first-order valence-electron chi connectivity index (χ1n) is 5.00. The molecule has 0 saturated carbocycles. The van der Waals surface area contributed by atoms with Gasteiger partial charge < -0.3 is 4.98 Å². The van der Waals surface area contributed by atoms with Gasteiger partial charge in [0.05, 0.1) is 10.6 Å². The standard InChI is InChI=1S/C11H8N3O2.2ClH.Ti/c15-14(16)11-5-3-9(4-6-11)13-8-10-2-1-7-12-10;;;/h1-8H;2*1H;/q-1;;;+2/p-2. The van der Waals surface area contributed by atoms with Crippen LogP contribution < -0.4 is 4.98 Å². The summed E-state index contributed by atoms with van der Waals surface area (Å²) in [6.07, 6.45) is 3.29. The molecule has 0 unspecified atom stereocenters. The Hall–Kier alpha value is -1.14. The van der Waals surface area contributed by atoms with Crippen molar-refractivity contribution in [3.05, 3.63) is 58.4 Å². The number of hydrogen-bond donors (Lipinski definition) is 0. The molecule has 2 aromatic rings. The van der Waals surface area contributed by atoms with Gasteiger partial charge in [-0.05, 0) is 12.1 Å². The molecule has 0 spiro atoms. The quantitative estimate of drug-likeness (QED) is 0.372. The molecule has 0 atom stereocenters. The minimum atomic E-state index is -0.556. The second-order valence-corrected chi connectivity index (χ2v) is 5.74. The Morgan fingerprint density at radius 3 is 2.37 bits per heavy atom. The zero-order valence-electron chi connectivity index (χ0n) is 9.53. The summed E-state index contributed by atoms with van der Waals surface area (Å²) in [5, 5.41) is 10.4. The molecule has 1 aromatic heterocycles. The molecule has 1 heterocycles. The van der Waals surface area contributed by atoms with Gasteiger partial charge in [-0.15, -0.1) is 5.69 Å². The second-order valence-electron chi connectivity index (χ2n) is 3.17. The predicted octanol–water partition coefficient (Wildman–Crippen LogP) is 3.68. The molecule has 19 heavy (non-hydrogen) atoms. The zero-order valence-corrected chi connectivity index (χ0v) is 12.6. The minimum absolute atomic E-state index is 0.0605.